The summed E-state index contributed by atoms with van der Waals surface area (Å²) in [4.78, 5) is 28.9. The number of amides is 2. The standard InChI is InChI=1S/C21H22N2O3S/c1-15-6-5-7-16(12-15)13-22-18-9-4-3-8-17(18)21(20(22)25)23(10-11-27-21)19(24)14-26-2/h3-9,12H,10-11,13-14H2,1-2H3/t21-/m1/s1. The van der Waals surface area contributed by atoms with E-state index in [9.17, 15) is 9.59 Å². The second kappa shape index (κ2) is 7.02. The minimum absolute atomic E-state index is 0.0182. The Bertz CT molecular complexity index is 901. The molecule has 140 valence electrons. The van der Waals surface area contributed by atoms with Crippen LogP contribution in [-0.4, -0.2) is 42.7 Å². The van der Waals surface area contributed by atoms with Crippen LogP contribution in [0.15, 0.2) is 48.5 Å². The zero-order chi connectivity index (χ0) is 19.0. The molecule has 2 aromatic carbocycles. The molecule has 0 saturated carbocycles. The van der Waals surface area contributed by atoms with Crippen molar-refractivity contribution in [2.75, 3.05) is 30.9 Å². The van der Waals surface area contributed by atoms with E-state index in [1.807, 2.05) is 54.3 Å². The second-order valence-electron chi connectivity index (χ2n) is 6.87. The van der Waals surface area contributed by atoms with Gasteiger partial charge in [-0.05, 0) is 18.6 Å². The SMILES string of the molecule is COCC(=O)N1CCS[C@]12C(=O)N(Cc1cccc(C)c1)c1ccccc12. The third-order valence-electron chi connectivity index (χ3n) is 5.09. The maximum Gasteiger partial charge on any atom is 0.268 e. The van der Waals surface area contributed by atoms with Gasteiger partial charge in [-0.25, -0.2) is 0 Å². The Balaban J connectivity index is 1.77. The average Bonchev–Trinajstić information content (AvgIpc) is 3.20. The van der Waals surface area contributed by atoms with Gasteiger partial charge in [-0.15, -0.1) is 11.8 Å². The summed E-state index contributed by atoms with van der Waals surface area (Å²) in [7, 11) is 1.50. The van der Waals surface area contributed by atoms with Crippen LogP contribution in [0.5, 0.6) is 0 Å². The van der Waals surface area contributed by atoms with Gasteiger partial charge in [0.2, 0.25) is 5.91 Å². The number of anilines is 1. The number of thioether (sulfide) groups is 1. The third-order valence-corrected chi connectivity index (χ3v) is 6.51. The van der Waals surface area contributed by atoms with Gasteiger partial charge < -0.3 is 14.5 Å². The lowest BCUT2D eigenvalue weighted by Gasteiger charge is -2.33. The molecule has 1 fully saturated rings. The molecule has 0 unspecified atom stereocenters. The van der Waals surface area contributed by atoms with Crippen LogP contribution in [0.4, 0.5) is 5.69 Å². The van der Waals surface area contributed by atoms with Gasteiger partial charge in [-0.2, -0.15) is 0 Å². The molecule has 0 bridgehead atoms. The molecule has 0 N–H and O–H groups in total. The van der Waals surface area contributed by atoms with Gasteiger partial charge in [0.25, 0.3) is 5.91 Å². The van der Waals surface area contributed by atoms with Gasteiger partial charge in [0.15, 0.2) is 4.87 Å². The van der Waals surface area contributed by atoms with E-state index in [1.165, 1.54) is 7.11 Å². The van der Waals surface area contributed by atoms with E-state index < -0.39 is 4.87 Å². The number of carbonyl (C=O) groups is 2. The first kappa shape index (κ1) is 18.1. The Hall–Kier alpha value is -2.31. The third kappa shape index (κ3) is 2.84. The van der Waals surface area contributed by atoms with Gasteiger partial charge in [0, 0.05) is 25.0 Å². The van der Waals surface area contributed by atoms with Crippen molar-refractivity contribution in [2.45, 2.75) is 18.3 Å². The molecule has 5 nitrogen and oxygen atoms in total. The summed E-state index contributed by atoms with van der Waals surface area (Å²) in [6.45, 7) is 3.07. The number of hydrogen-bond donors (Lipinski definition) is 0. The van der Waals surface area contributed by atoms with Gasteiger partial charge in [-0.3, -0.25) is 9.59 Å². The van der Waals surface area contributed by atoms with E-state index in [4.69, 9.17) is 4.74 Å². The Morgan fingerprint density at radius 1 is 1.22 bits per heavy atom. The van der Waals surface area contributed by atoms with Crippen LogP contribution >= 0.6 is 11.8 Å². The number of benzene rings is 2. The summed E-state index contributed by atoms with van der Waals surface area (Å²) >= 11 is 1.54. The maximum absolute atomic E-state index is 13.7. The fourth-order valence-electron chi connectivity index (χ4n) is 3.98. The number of methoxy groups -OCH3 is 1. The lowest BCUT2D eigenvalue weighted by molar-refractivity contribution is -0.143. The summed E-state index contributed by atoms with van der Waals surface area (Å²) in [5.74, 6) is 0.536. The van der Waals surface area contributed by atoms with Crippen molar-refractivity contribution >= 4 is 29.3 Å². The van der Waals surface area contributed by atoms with Crippen LogP contribution < -0.4 is 4.90 Å². The van der Waals surface area contributed by atoms with Crippen molar-refractivity contribution in [3.05, 3.63) is 65.2 Å². The number of rotatable bonds is 4. The molecule has 0 radical (unpaired) electrons. The van der Waals surface area contributed by atoms with Crippen molar-refractivity contribution in [1.82, 2.24) is 4.90 Å². The van der Waals surface area contributed by atoms with Crippen molar-refractivity contribution in [3.63, 3.8) is 0 Å². The number of carbonyl (C=O) groups excluding carboxylic acids is 2. The number of para-hydroxylation sites is 1. The Morgan fingerprint density at radius 2 is 2.04 bits per heavy atom. The minimum atomic E-state index is -0.976. The zero-order valence-corrected chi connectivity index (χ0v) is 16.3. The molecule has 27 heavy (non-hydrogen) atoms. The number of fused-ring (bicyclic) bond motifs is 2. The molecule has 4 rings (SSSR count). The number of ether oxygens (including phenoxy) is 1. The van der Waals surface area contributed by atoms with Crippen LogP contribution in [0.3, 0.4) is 0 Å². The van der Waals surface area contributed by atoms with Crippen molar-refractivity contribution in [2.24, 2.45) is 0 Å². The maximum atomic E-state index is 13.7. The number of nitrogens with zero attached hydrogens (tertiary/aromatic N) is 2. The molecule has 1 atom stereocenters. The normalized spacial score (nSPS) is 21.2. The molecular weight excluding hydrogens is 360 g/mol. The molecular formula is C21H22N2O3S. The molecule has 2 aliphatic rings. The molecule has 2 aromatic rings. The van der Waals surface area contributed by atoms with E-state index in [0.29, 0.717) is 13.1 Å². The molecule has 2 aliphatic heterocycles. The van der Waals surface area contributed by atoms with Gasteiger partial charge >= 0.3 is 0 Å². The van der Waals surface area contributed by atoms with E-state index in [0.717, 1.165) is 28.1 Å². The van der Waals surface area contributed by atoms with E-state index in [2.05, 4.69) is 6.07 Å². The summed E-state index contributed by atoms with van der Waals surface area (Å²) in [6, 6.07) is 16.0. The first-order chi connectivity index (χ1) is 13.1. The zero-order valence-electron chi connectivity index (χ0n) is 15.5. The van der Waals surface area contributed by atoms with Crippen LogP contribution in [0.1, 0.15) is 16.7 Å². The summed E-state index contributed by atoms with van der Waals surface area (Å²) in [6.07, 6.45) is 0. The summed E-state index contributed by atoms with van der Waals surface area (Å²) in [5.41, 5.74) is 4.02. The molecule has 0 aliphatic carbocycles. The fourth-order valence-corrected chi connectivity index (χ4v) is 5.46. The highest BCUT2D eigenvalue weighted by molar-refractivity contribution is 8.01. The predicted octanol–water partition coefficient (Wildman–Crippen LogP) is 2.92. The molecule has 1 spiro atoms. The van der Waals surface area contributed by atoms with Crippen LogP contribution in [0, 0.1) is 6.92 Å². The van der Waals surface area contributed by atoms with E-state index >= 15 is 0 Å². The number of aryl methyl sites for hydroxylation is 1. The molecule has 2 heterocycles. The van der Waals surface area contributed by atoms with Crippen molar-refractivity contribution < 1.29 is 14.3 Å². The van der Waals surface area contributed by atoms with Gasteiger partial charge in [0.1, 0.15) is 6.61 Å². The van der Waals surface area contributed by atoms with Crippen molar-refractivity contribution in [1.29, 1.82) is 0 Å². The van der Waals surface area contributed by atoms with Gasteiger partial charge in [-0.1, -0.05) is 48.0 Å². The minimum Gasteiger partial charge on any atom is -0.375 e. The Labute approximate surface area is 163 Å². The Kier molecular flexibility index (Phi) is 4.70. The van der Waals surface area contributed by atoms with Crippen molar-refractivity contribution in [3.8, 4) is 0 Å². The average molecular weight is 382 g/mol. The highest BCUT2D eigenvalue weighted by Crippen LogP contribution is 2.54. The highest BCUT2D eigenvalue weighted by atomic mass is 32.2. The van der Waals surface area contributed by atoms with Gasteiger partial charge in [0.05, 0.1) is 12.2 Å². The van der Waals surface area contributed by atoms with Crippen LogP contribution in [0.2, 0.25) is 0 Å². The predicted molar refractivity (Wildman–Crippen MR) is 107 cm³/mol. The summed E-state index contributed by atoms with van der Waals surface area (Å²) < 4.78 is 5.05. The largest absolute Gasteiger partial charge is 0.375 e. The van der Waals surface area contributed by atoms with Crippen LogP contribution in [0.25, 0.3) is 0 Å². The topological polar surface area (TPSA) is 49.9 Å². The highest BCUT2D eigenvalue weighted by Gasteiger charge is 2.59. The molecule has 6 heteroatoms. The molecule has 2 amide bonds. The fraction of sp³-hybridized carbons (Fsp3) is 0.333. The monoisotopic (exact) mass is 382 g/mol. The van der Waals surface area contributed by atoms with E-state index in [1.54, 1.807) is 16.7 Å². The second-order valence-corrected chi connectivity index (χ2v) is 8.16. The number of hydrogen-bond acceptors (Lipinski definition) is 4. The summed E-state index contributed by atoms with van der Waals surface area (Å²) in [5, 5.41) is 0. The lowest BCUT2D eigenvalue weighted by Crippen LogP contribution is -2.51. The first-order valence-electron chi connectivity index (χ1n) is 8.98. The molecule has 1 saturated heterocycles. The lowest BCUT2D eigenvalue weighted by atomic mass is 10.1. The smallest absolute Gasteiger partial charge is 0.268 e. The first-order valence-corrected chi connectivity index (χ1v) is 9.97. The Morgan fingerprint density at radius 3 is 2.81 bits per heavy atom. The van der Waals surface area contributed by atoms with Crippen LogP contribution in [-0.2, 0) is 25.7 Å². The quantitative estimate of drug-likeness (QED) is 0.816. The van der Waals surface area contributed by atoms with E-state index in [-0.39, 0.29) is 18.4 Å². The molecule has 0 aromatic heterocycles.